The van der Waals surface area contributed by atoms with Crippen LogP contribution in [0.3, 0.4) is 0 Å². The Morgan fingerprint density at radius 3 is 2.61 bits per heavy atom. The zero-order chi connectivity index (χ0) is 16.8. The molecule has 4 nitrogen and oxygen atoms in total. The topological polar surface area (TPSA) is 46.2 Å². The monoisotopic (exact) mass is 337 g/mol. The van der Waals surface area contributed by atoms with Crippen LogP contribution in [-0.2, 0) is 6.42 Å². The molecule has 2 N–H and O–H groups in total. The summed E-state index contributed by atoms with van der Waals surface area (Å²) < 4.78 is 32.4. The molecule has 0 bridgehead atoms. The Labute approximate surface area is 138 Å². The summed E-state index contributed by atoms with van der Waals surface area (Å²) in [5, 5.41) is 6.20. The number of benzene rings is 1. The first-order valence-electron chi connectivity index (χ1n) is 6.99. The molecule has 23 heavy (non-hydrogen) atoms. The van der Waals surface area contributed by atoms with Gasteiger partial charge in [-0.25, -0.2) is 13.8 Å². The summed E-state index contributed by atoms with van der Waals surface area (Å²) in [6, 6.07) is 6.05. The number of hydrogen-bond donors (Lipinski definition) is 2. The third-order valence-electron chi connectivity index (χ3n) is 3.25. The quantitative estimate of drug-likeness (QED) is 0.821. The van der Waals surface area contributed by atoms with E-state index < -0.39 is 11.6 Å². The van der Waals surface area contributed by atoms with Crippen molar-refractivity contribution >= 4 is 23.1 Å². The van der Waals surface area contributed by atoms with Crippen molar-refractivity contribution in [3.8, 4) is 5.75 Å². The van der Waals surface area contributed by atoms with Crippen LogP contribution < -0.4 is 15.4 Å². The van der Waals surface area contributed by atoms with Gasteiger partial charge in [-0.1, -0.05) is 6.07 Å². The number of ether oxygens (including phenoxy) is 1. The molecule has 1 aromatic heterocycles. The maximum atomic E-state index is 13.8. The summed E-state index contributed by atoms with van der Waals surface area (Å²) >= 11 is 5.15. The van der Waals surface area contributed by atoms with Crippen LogP contribution in [-0.4, -0.2) is 23.8 Å². The fraction of sp³-hybridized carbons (Fsp3) is 0.250. The van der Waals surface area contributed by atoms with E-state index in [0.29, 0.717) is 10.9 Å². The van der Waals surface area contributed by atoms with Crippen LogP contribution in [0.15, 0.2) is 30.5 Å². The Balaban J connectivity index is 1.90. The zero-order valence-electron chi connectivity index (χ0n) is 12.8. The average Bonchev–Trinajstić information content (AvgIpc) is 2.52. The van der Waals surface area contributed by atoms with Crippen molar-refractivity contribution in [3.63, 3.8) is 0 Å². The fourth-order valence-corrected chi connectivity index (χ4v) is 2.20. The first-order valence-corrected chi connectivity index (χ1v) is 7.40. The molecular weight excluding hydrogens is 320 g/mol. The third kappa shape index (κ3) is 4.59. The molecular formula is C16H17F2N3OS. The van der Waals surface area contributed by atoms with Gasteiger partial charge in [-0.2, -0.15) is 0 Å². The molecule has 0 atom stereocenters. The lowest BCUT2D eigenvalue weighted by atomic mass is 10.1. The Morgan fingerprint density at radius 2 is 2.00 bits per heavy atom. The smallest absolute Gasteiger partial charge is 0.171 e. The van der Waals surface area contributed by atoms with E-state index in [9.17, 15) is 8.78 Å². The van der Waals surface area contributed by atoms with E-state index in [1.54, 1.807) is 6.20 Å². The summed E-state index contributed by atoms with van der Waals surface area (Å²) in [6.45, 7) is 2.19. The second kappa shape index (κ2) is 7.82. The van der Waals surface area contributed by atoms with Crippen LogP contribution in [0.5, 0.6) is 5.75 Å². The number of methoxy groups -OCH3 is 1. The predicted octanol–water partition coefficient (Wildman–Crippen LogP) is 3.21. The van der Waals surface area contributed by atoms with E-state index in [1.165, 1.54) is 7.11 Å². The summed E-state index contributed by atoms with van der Waals surface area (Å²) in [5.74, 6) is -0.475. The molecule has 0 aliphatic rings. The molecule has 122 valence electrons. The first kappa shape index (κ1) is 17.1. The standard InChI is InChI=1S/C16H17F2N3OS/c1-10-4-3-6-19-15(10)21-16(23)20-7-5-12-13(17)8-11(22-2)9-14(12)18/h3-4,6,8-9H,5,7H2,1-2H3,(H2,19,20,21,23). The number of nitrogens with one attached hydrogen (secondary N) is 2. The molecule has 7 heteroatoms. The van der Waals surface area contributed by atoms with Gasteiger partial charge >= 0.3 is 0 Å². The normalized spacial score (nSPS) is 10.3. The predicted molar refractivity (Wildman–Crippen MR) is 89.8 cm³/mol. The summed E-state index contributed by atoms with van der Waals surface area (Å²) in [6.07, 6.45) is 1.81. The molecule has 0 fully saturated rings. The molecule has 0 spiro atoms. The Bertz CT molecular complexity index is 686. The Hall–Kier alpha value is -2.28. The van der Waals surface area contributed by atoms with E-state index in [1.807, 2.05) is 19.1 Å². The highest BCUT2D eigenvalue weighted by molar-refractivity contribution is 7.80. The SMILES string of the molecule is COc1cc(F)c(CCNC(=S)Nc2ncccc2C)c(F)c1. The zero-order valence-corrected chi connectivity index (χ0v) is 13.6. The van der Waals surface area contributed by atoms with Crippen molar-refractivity contribution in [2.75, 3.05) is 19.0 Å². The van der Waals surface area contributed by atoms with Crippen molar-refractivity contribution in [2.45, 2.75) is 13.3 Å². The molecule has 2 rings (SSSR count). The van der Waals surface area contributed by atoms with Crippen molar-refractivity contribution < 1.29 is 13.5 Å². The number of halogens is 2. The van der Waals surface area contributed by atoms with E-state index in [2.05, 4.69) is 15.6 Å². The highest BCUT2D eigenvalue weighted by atomic mass is 32.1. The van der Waals surface area contributed by atoms with Gasteiger partial charge in [0.1, 0.15) is 23.2 Å². The van der Waals surface area contributed by atoms with Crippen molar-refractivity contribution in [1.29, 1.82) is 0 Å². The molecule has 0 aliphatic heterocycles. The van der Waals surface area contributed by atoms with Gasteiger partial charge in [0.05, 0.1) is 7.11 Å². The van der Waals surface area contributed by atoms with Crippen LogP contribution in [0.4, 0.5) is 14.6 Å². The second-order valence-corrected chi connectivity index (χ2v) is 5.28. The number of nitrogens with zero attached hydrogens (tertiary/aromatic N) is 1. The van der Waals surface area contributed by atoms with Gasteiger partial charge in [0.25, 0.3) is 0 Å². The number of aromatic nitrogens is 1. The van der Waals surface area contributed by atoms with Gasteiger partial charge in [-0.05, 0) is 37.2 Å². The number of thiocarbonyl (C=S) groups is 1. The minimum absolute atomic E-state index is 0.00452. The minimum atomic E-state index is -0.636. The average molecular weight is 337 g/mol. The lowest BCUT2D eigenvalue weighted by Gasteiger charge is -2.12. The highest BCUT2D eigenvalue weighted by Crippen LogP contribution is 2.20. The number of aryl methyl sites for hydroxylation is 1. The summed E-state index contributed by atoms with van der Waals surface area (Å²) in [5.41, 5.74) is 0.944. The van der Waals surface area contributed by atoms with Crippen LogP contribution in [0.2, 0.25) is 0 Å². The van der Waals surface area contributed by atoms with Crippen LogP contribution >= 0.6 is 12.2 Å². The molecule has 2 aromatic rings. The number of hydrogen-bond acceptors (Lipinski definition) is 3. The molecule has 0 saturated heterocycles. The lowest BCUT2D eigenvalue weighted by molar-refractivity contribution is 0.405. The van der Waals surface area contributed by atoms with E-state index in [0.717, 1.165) is 17.7 Å². The van der Waals surface area contributed by atoms with E-state index in [4.69, 9.17) is 17.0 Å². The Morgan fingerprint density at radius 1 is 1.30 bits per heavy atom. The van der Waals surface area contributed by atoms with Gasteiger partial charge in [0, 0.05) is 30.4 Å². The molecule has 0 aliphatic carbocycles. The number of rotatable bonds is 5. The van der Waals surface area contributed by atoms with Crippen molar-refractivity contribution in [1.82, 2.24) is 10.3 Å². The molecule has 1 heterocycles. The molecule has 0 saturated carbocycles. The first-order chi connectivity index (χ1) is 11.0. The maximum absolute atomic E-state index is 13.8. The van der Waals surface area contributed by atoms with Gasteiger partial charge in [-0.3, -0.25) is 0 Å². The van der Waals surface area contributed by atoms with Crippen molar-refractivity contribution in [2.24, 2.45) is 0 Å². The van der Waals surface area contributed by atoms with E-state index >= 15 is 0 Å². The van der Waals surface area contributed by atoms with Crippen LogP contribution in [0.25, 0.3) is 0 Å². The third-order valence-corrected chi connectivity index (χ3v) is 3.50. The highest BCUT2D eigenvalue weighted by Gasteiger charge is 2.11. The molecule has 0 unspecified atom stereocenters. The largest absolute Gasteiger partial charge is 0.497 e. The molecule has 1 aromatic carbocycles. The minimum Gasteiger partial charge on any atom is -0.497 e. The van der Waals surface area contributed by atoms with Crippen LogP contribution in [0, 0.1) is 18.6 Å². The van der Waals surface area contributed by atoms with E-state index in [-0.39, 0.29) is 24.3 Å². The molecule has 0 amide bonds. The maximum Gasteiger partial charge on any atom is 0.171 e. The lowest BCUT2D eigenvalue weighted by Crippen LogP contribution is -2.31. The van der Waals surface area contributed by atoms with Crippen molar-refractivity contribution in [3.05, 3.63) is 53.2 Å². The number of pyridine rings is 1. The van der Waals surface area contributed by atoms with Gasteiger partial charge in [0.2, 0.25) is 0 Å². The fourth-order valence-electron chi connectivity index (χ4n) is 2.01. The summed E-state index contributed by atoms with van der Waals surface area (Å²) in [7, 11) is 1.36. The Kier molecular flexibility index (Phi) is 5.81. The van der Waals surface area contributed by atoms with Gasteiger partial charge in [-0.15, -0.1) is 0 Å². The second-order valence-electron chi connectivity index (χ2n) is 4.87. The van der Waals surface area contributed by atoms with Crippen LogP contribution in [0.1, 0.15) is 11.1 Å². The molecule has 0 radical (unpaired) electrons. The summed E-state index contributed by atoms with van der Waals surface area (Å²) in [4.78, 5) is 4.16. The van der Waals surface area contributed by atoms with Gasteiger partial charge < -0.3 is 15.4 Å². The number of anilines is 1. The van der Waals surface area contributed by atoms with Gasteiger partial charge in [0.15, 0.2) is 5.11 Å².